The minimum atomic E-state index is -0.573. The summed E-state index contributed by atoms with van der Waals surface area (Å²) in [6, 6.07) is 0.659. The standard InChI is InChI=1S/C22H47N3O2/c1-6-23-20-25(7-2)19-15-18-24(4)21(3)16-13-11-9-8-10-12-14-17-22(26)27-5/h7,21-23,26H,2,6,8-20H2,1,3-5H3. The fourth-order valence-corrected chi connectivity index (χ4v) is 3.21. The SMILES string of the molecule is C=CN(CCCN(C)C(C)CCCCCCCCCC(O)OC)CNCC. The third-order valence-electron chi connectivity index (χ3n) is 5.38. The predicted molar refractivity (Wildman–Crippen MR) is 117 cm³/mol. The van der Waals surface area contributed by atoms with Crippen LogP contribution in [-0.4, -0.2) is 67.7 Å². The van der Waals surface area contributed by atoms with Crippen LogP contribution in [0.5, 0.6) is 0 Å². The molecule has 0 radical (unpaired) electrons. The zero-order chi connectivity index (χ0) is 20.3. The maximum Gasteiger partial charge on any atom is 0.154 e. The molecule has 2 atom stereocenters. The second-order valence-corrected chi connectivity index (χ2v) is 7.68. The van der Waals surface area contributed by atoms with Crippen LogP contribution in [-0.2, 0) is 4.74 Å². The van der Waals surface area contributed by atoms with Crippen molar-refractivity contribution in [1.82, 2.24) is 15.1 Å². The number of aliphatic hydroxyl groups is 1. The van der Waals surface area contributed by atoms with E-state index >= 15 is 0 Å². The molecule has 0 aromatic heterocycles. The molecule has 2 N–H and O–H groups in total. The molecular weight excluding hydrogens is 338 g/mol. The van der Waals surface area contributed by atoms with Gasteiger partial charge in [0.25, 0.3) is 0 Å². The maximum absolute atomic E-state index is 9.32. The number of hydrogen-bond acceptors (Lipinski definition) is 5. The third-order valence-corrected chi connectivity index (χ3v) is 5.38. The van der Waals surface area contributed by atoms with Gasteiger partial charge in [0.2, 0.25) is 0 Å². The third kappa shape index (κ3) is 16.1. The first-order chi connectivity index (χ1) is 13.0. The van der Waals surface area contributed by atoms with E-state index in [1.54, 1.807) is 7.11 Å². The van der Waals surface area contributed by atoms with E-state index in [1.807, 2.05) is 6.20 Å². The van der Waals surface area contributed by atoms with Gasteiger partial charge in [0.1, 0.15) is 0 Å². The summed E-state index contributed by atoms with van der Waals surface area (Å²) >= 11 is 0. The lowest BCUT2D eigenvalue weighted by Gasteiger charge is -2.26. The van der Waals surface area contributed by atoms with Crippen molar-refractivity contribution in [1.29, 1.82) is 0 Å². The Hall–Kier alpha value is -0.620. The quantitative estimate of drug-likeness (QED) is 0.243. The van der Waals surface area contributed by atoms with Gasteiger partial charge in [0, 0.05) is 19.7 Å². The summed E-state index contributed by atoms with van der Waals surface area (Å²) in [5.41, 5.74) is 0. The molecule has 0 aliphatic heterocycles. The van der Waals surface area contributed by atoms with Crippen LogP contribution in [0.1, 0.15) is 78.1 Å². The largest absolute Gasteiger partial charge is 0.368 e. The lowest BCUT2D eigenvalue weighted by atomic mass is 10.0. The topological polar surface area (TPSA) is 48.0 Å². The summed E-state index contributed by atoms with van der Waals surface area (Å²) in [4.78, 5) is 4.74. The Morgan fingerprint density at radius 3 is 2.15 bits per heavy atom. The molecule has 0 amide bonds. The molecule has 5 heteroatoms. The summed E-state index contributed by atoms with van der Waals surface area (Å²) in [6.45, 7) is 12.5. The fourth-order valence-electron chi connectivity index (χ4n) is 3.21. The molecule has 0 saturated carbocycles. The van der Waals surface area contributed by atoms with Crippen molar-refractivity contribution in [2.24, 2.45) is 0 Å². The summed E-state index contributed by atoms with van der Waals surface area (Å²) < 4.78 is 4.85. The monoisotopic (exact) mass is 385 g/mol. The van der Waals surface area contributed by atoms with E-state index in [9.17, 15) is 5.11 Å². The number of nitrogens with zero attached hydrogens (tertiary/aromatic N) is 2. The van der Waals surface area contributed by atoms with Crippen molar-refractivity contribution >= 4 is 0 Å². The van der Waals surface area contributed by atoms with Crippen LogP contribution in [0.2, 0.25) is 0 Å². The molecule has 0 aliphatic rings. The van der Waals surface area contributed by atoms with Gasteiger partial charge in [-0.3, -0.25) is 0 Å². The number of methoxy groups -OCH3 is 1. The van der Waals surface area contributed by atoms with Gasteiger partial charge in [0.15, 0.2) is 6.29 Å². The number of unbranched alkanes of at least 4 members (excludes halogenated alkanes) is 6. The minimum absolute atomic E-state index is 0.573. The lowest BCUT2D eigenvalue weighted by Crippen LogP contribution is -2.34. The van der Waals surface area contributed by atoms with Crippen LogP contribution in [0.25, 0.3) is 0 Å². The molecular formula is C22H47N3O2. The molecule has 162 valence electrons. The molecule has 0 heterocycles. The molecule has 0 fully saturated rings. The summed E-state index contributed by atoms with van der Waals surface area (Å²) in [7, 11) is 3.81. The van der Waals surface area contributed by atoms with Crippen LogP contribution in [0.15, 0.2) is 12.8 Å². The van der Waals surface area contributed by atoms with Gasteiger partial charge >= 0.3 is 0 Å². The van der Waals surface area contributed by atoms with E-state index in [2.05, 4.69) is 42.6 Å². The summed E-state index contributed by atoms with van der Waals surface area (Å²) in [6.07, 6.45) is 13.5. The zero-order valence-electron chi connectivity index (χ0n) is 18.6. The van der Waals surface area contributed by atoms with Gasteiger partial charge in [0.05, 0.1) is 6.67 Å². The molecule has 0 rings (SSSR count). The maximum atomic E-state index is 9.32. The normalized spacial score (nSPS) is 13.7. The number of rotatable bonds is 20. The van der Waals surface area contributed by atoms with E-state index in [4.69, 9.17) is 4.74 Å². The first kappa shape index (κ1) is 26.4. The molecule has 0 saturated heterocycles. The van der Waals surface area contributed by atoms with Crippen molar-refractivity contribution in [3.63, 3.8) is 0 Å². The Kier molecular flexibility index (Phi) is 18.3. The molecule has 0 aliphatic carbocycles. The highest BCUT2D eigenvalue weighted by Gasteiger charge is 2.09. The first-order valence-corrected chi connectivity index (χ1v) is 11.0. The van der Waals surface area contributed by atoms with Gasteiger partial charge in [-0.25, -0.2) is 0 Å². The molecule has 5 nitrogen and oxygen atoms in total. The smallest absolute Gasteiger partial charge is 0.154 e. The second-order valence-electron chi connectivity index (χ2n) is 7.68. The summed E-state index contributed by atoms with van der Waals surface area (Å²) in [5, 5.41) is 12.7. The van der Waals surface area contributed by atoms with Gasteiger partial charge in [-0.05, 0) is 58.9 Å². The lowest BCUT2D eigenvalue weighted by molar-refractivity contribution is -0.0793. The number of nitrogens with one attached hydrogen (secondary N) is 1. The molecule has 27 heavy (non-hydrogen) atoms. The highest BCUT2D eigenvalue weighted by atomic mass is 16.6. The highest BCUT2D eigenvalue weighted by Crippen LogP contribution is 2.13. The van der Waals surface area contributed by atoms with Crippen LogP contribution < -0.4 is 5.32 Å². The van der Waals surface area contributed by atoms with Crippen LogP contribution in [0.3, 0.4) is 0 Å². The fraction of sp³-hybridized carbons (Fsp3) is 0.909. The number of hydrogen-bond donors (Lipinski definition) is 2. The Morgan fingerprint density at radius 2 is 1.59 bits per heavy atom. The van der Waals surface area contributed by atoms with Crippen LogP contribution >= 0.6 is 0 Å². The molecule has 0 aromatic carbocycles. The van der Waals surface area contributed by atoms with Crippen LogP contribution in [0.4, 0.5) is 0 Å². The van der Waals surface area contributed by atoms with Crippen molar-refractivity contribution in [3.05, 3.63) is 12.8 Å². The molecule has 0 spiro atoms. The van der Waals surface area contributed by atoms with E-state index in [-0.39, 0.29) is 0 Å². The minimum Gasteiger partial charge on any atom is -0.368 e. The number of aliphatic hydroxyl groups excluding tert-OH is 1. The Balaban J connectivity index is 3.55. The molecule has 2 unspecified atom stereocenters. The first-order valence-electron chi connectivity index (χ1n) is 11.0. The van der Waals surface area contributed by atoms with E-state index < -0.39 is 6.29 Å². The van der Waals surface area contributed by atoms with Crippen molar-refractivity contribution < 1.29 is 9.84 Å². The van der Waals surface area contributed by atoms with Gasteiger partial charge in [-0.2, -0.15) is 0 Å². The van der Waals surface area contributed by atoms with E-state index in [0.29, 0.717) is 6.04 Å². The van der Waals surface area contributed by atoms with Crippen molar-refractivity contribution in [3.8, 4) is 0 Å². The number of ether oxygens (including phenoxy) is 1. The average molecular weight is 386 g/mol. The predicted octanol–water partition coefficient (Wildman–Crippen LogP) is 4.19. The summed E-state index contributed by atoms with van der Waals surface area (Å²) in [5.74, 6) is 0. The highest BCUT2D eigenvalue weighted by molar-refractivity contribution is 4.71. The Bertz CT molecular complexity index is 329. The molecule has 0 aromatic rings. The van der Waals surface area contributed by atoms with Crippen molar-refractivity contribution in [2.45, 2.75) is 90.4 Å². The van der Waals surface area contributed by atoms with Gasteiger partial charge in [-0.15, -0.1) is 0 Å². The second kappa shape index (κ2) is 18.7. The van der Waals surface area contributed by atoms with Crippen LogP contribution in [0, 0.1) is 0 Å². The van der Waals surface area contributed by atoms with Crippen molar-refractivity contribution in [2.75, 3.05) is 40.5 Å². The van der Waals surface area contributed by atoms with E-state index in [1.165, 1.54) is 51.4 Å². The zero-order valence-corrected chi connectivity index (χ0v) is 18.6. The Morgan fingerprint density at radius 1 is 1.00 bits per heavy atom. The van der Waals surface area contributed by atoms with Gasteiger partial charge in [-0.1, -0.05) is 52.0 Å². The van der Waals surface area contributed by atoms with Gasteiger partial charge < -0.3 is 25.0 Å². The average Bonchev–Trinajstić information content (AvgIpc) is 2.68. The molecule has 0 bridgehead atoms. The van der Waals surface area contributed by atoms with E-state index in [0.717, 1.165) is 39.1 Å². The Labute approximate surface area is 169 Å².